The van der Waals surface area contributed by atoms with Crippen molar-refractivity contribution in [3.05, 3.63) is 57.8 Å². The summed E-state index contributed by atoms with van der Waals surface area (Å²) < 4.78 is 9.73. The Labute approximate surface area is 163 Å². The van der Waals surface area contributed by atoms with Crippen LogP contribution in [-0.2, 0) is 6.67 Å². The molecule has 26 heavy (non-hydrogen) atoms. The average Bonchev–Trinajstić information content (AvgIpc) is 3.25. The predicted octanol–water partition coefficient (Wildman–Crippen LogP) is 4.81. The van der Waals surface area contributed by atoms with Crippen LogP contribution in [0.1, 0.15) is 31.7 Å². The minimum Gasteiger partial charge on any atom is -0.495 e. The summed E-state index contributed by atoms with van der Waals surface area (Å²) in [6, 6.07) is 12.3. The Morgan fingerprint density at radius 1 is 1.23 bits per heavy atom. The molecule has 0 spiro atoms. The zero-order valence-electron chi connectivity index (χ0n) is 15.5. The Bertz CT molecular complexity index is 906. The van der Waals surface area contributed by atoms with Gasteiger partial charge in [-0.2, -0.15) is 5.10 Å². The highest BCUT2D eigenvalue weighted by molar-refractivity contribution is 7.71. The summed E-state index contributed by atoms with van der Waals surface area (Å²) in [6.45, 7) is 7.24. The van der Waals surface area contributed by atoms with Crippen LogP contribution in [0.15, 0.2) is 48.1 Å². The van der Waals surface area contributed by atoms with Crippen molar-refractivity contribution in [1.82, 2.24) is 19.7 Å². The van der Waals surface area contributed by atoms with Gasteiger partial charge in [0, 0.05) is 10.9 Å². The van der Waals surface area contributed by atoms with Crippen molar-refractivity contribution >= 4 is 23.6 Å². The summed E-state index contributed by atoms with van der Waals surface area (Å²) in [6.07, 6.45) is 1.74. The molecule has 7 heteroatoms. The number of hydrogen-bond acceptors (Lipinski definition) is 5. The maximum Gasteiger partial charge on any atom is 0.203 e. The van der Waals surface area contributed by atoms with Crippen LogP contribution >= 0.6 is 23.6 Å². The second kappa shape index (κ2) is 7.73. The van der Waals surface area contributed by atoms with Crippen molar-refractivity contribution in [3.8, 4) is 11.4 Å². The molecule has 0 aliphatic rings. The van der Waals surface area contributed by atoms with Gasteiger partial charge in [0.25, 0.3) is 0 Å². The Hall–Kier alpha value is -1.96. The third-order valence-electron chi connectivity index (χ3n) is 4.22. The topological polar surface area (TPSA) is 44.0 Å². The minimum absolute atomic E-state index is 0.0816. The molecule has 138 valence electrons. The molecule has 3 rings (SSSR count). The van der Waals surface area contributed by atoms with Gasteiger partial charge >= 0.3 is 0 Å². The molecule has 2 aromatic heterocycles. The number of nitrogens with zero attached hydrogens (tertiary/aromatic N) is 3. The van der Waals surface area contributed by atoms with Gasteiger partial charge in [-0.25, -0.2) is 4.68 Å². The summed E-state index contributed by atoms with van der Waals surface area (Å²) in [5.41, 5.74) is 0.968. The first-order valence-electron chi connectivity index (χ1n) is 8.46. The molecule has 2 heterocycles. The fourth-order valence-corrected chi connectivity index (χ4v) is 4.21. The van der Waals surface area contributed by atoms with Crippen LogP contribution in [0.2, 0.25) is 0 Å². The molecule has 1 atom stereocenters. The quantitative estimate of drug-likeness (QED) is 0.616. The van der Waals surface area contributed by atoms with Gasteiger partial charge in [0.1, 0.15) is 12.1 Å². The number of para-hydroxylation sites is 2. The Kier molecular flexibility index (Phi) is 5.60. The van der Waals surface area contributed by atoms with E-state index >= 15 is 0 Å². The molecule has 0 aliphatic heterocycles. The molecule has 0 amide bonds. The van der Waals surface area contributed by atoms with E-state index in [9.17, 15) is 0 Å². The lowest BCUT2D eigenvalue weighted by atomic mass is 9.86. The average molecular weight is 389 g/mol. The van der Waals surface area contributed by atoms with E-state index in [1.54, 1.807) is 29.5 Å². The van der Waals surface area contributed by atoms with E-state index in [1.165, 1.54) is 4.88 Å². The predicted molar refractivity (Wildman–Crippen MR) is 109 cm³/mol. The summed E-state index contributed by atoms with van der Waals surface area (Å²) >= 11 is 7.40. The summed E-state index contributed by atoms with van der Waals surface area (Å²) in [4.78, 5) is 1.31. The Balaban J connectivity index is 1.84. The van der Waals surface area contributed by atoms with E-state index in [4.69, 9.17) is 17.0 Å². The van der Waals surface area contributed by atoms with Crippen molar-refractivity contribution in [2.45, 2.75) is 33.5 Å². The Morgan fingerprint density at radius 2 is 2.00 bits per heavy atom. The van der Waals surface area contributed by atoms with Crippen molar-refractivity contribution < 1.29 is 4.74 Å². The highest BCUT2D eigenvalue weighted by atomic mass is 32.1. The van der Waals surface area contributed by atoms with E-state index in [0.717, 1.165) is 11.4 Å². The zero-order valence-corrected chi connectivity index (χ0v) is 17.1. The lowest BCUT2D eigenvalue weighted by Gasteiger charge is -2.30. The van der Waals surface area contributed by atoms with Crippen LogP contribution in [0.3, 0.4) is 0 Å². The third-order valence-corrected chi connectivity index (χ3v) is 5.56. The van der Waals surface area contributed by atoms with Crippen molar-refractivity contribution in [2.75, 3.05) is 7.11 Å². The largest absolute Gasteiger partial charge is 0.495 e. The molecule has 5 nitrogen and oxygen atoms in total. The van der Waals surface area contributed by atoms with Crippen LogP contribution in [0.4, 0.5) is 0 Å². The van der Waals surface area contributed by atoms with E-state index in [1.807, 2.05) is 28.8 Å². The van der Waals surface area contributed by atoms with Crippen LogP contribution < -0.4 is 10.1 Å². The number of aromatic nitrogens is 3. The minimum atomic E-state index is 0.0816. The highest BCUT2D eigenvalue weighted by Gasteiger charge is 2.26. The van der Waals surface area contributed by atoms with Gasteiger partial charge in [0.15, 0.2) is 0 Å². The molecule has 0 aliphatic carbocycles. The number of hydrogen-bond donors (Lipinski definition) is 1. The summed E-state index contributed by atoms with van der Waals surface area (Å²) in [7, 11) is 1.66. The fourth-order valence-electron chi connectivity index (χ4n) is 2.91. The van der Waals surface area contributed by atoms with Gasteiger partial charge in [0.2, 0.25) is 4.77 Å². The molecule has 3 aromatic rings. The van der Waals surface area contributed by atoms with E-state index in [0.29, 0.717) is 11.4 Å². The van der Waals surface area contributed by atoms with Gasteiger partial charge in [-0.1, -0.05) is 39.0 Å². The molecule has 0 fully saturated rings. The first-order valence-corrected chi connectivity index (χ1v) is 9.75. The first kappa shape index (κ1) is 18.8. The fraction of sp³-hybridized carbons (Fsp3) is 0.368. The van der Waals surface area contributed by atoms with Crippen molar-refractivity contribution in [2.24, 2.45) is 5.41 Å². The monoisotopic (exact) mass is 388 g/mol. The second-order valence-electron chi connectivity index (χ2n) is 7.13. The van der Waals surface area contributed by atoms with Gasteiger partial charge in [-0.3, -0.25) is 9.88 Å². The summed E-state index contributed by atoms with van der Waals surface area (Å²) in [5, 5.41) is 10.2. The summed E-state index contributed by atoms with van der Waals surface area (Å²) in [5.74, 6) is 0.766. The third kappa shape index (κ3) is 3.90. The maximum atomic E-state index is 5.63. The molecule has 0 saturated carbocycles. The molecule has 0 radical (unpaired) electrons. The number of rotatable bonds is 6. The Morgan fingerprint density at radius 3 is 2.65 bits per heavy atom. The molecule has 1 N–H and O–H groups in total. The zero-order chi connectivity index (χ0) is 18.7. The molecule has 1 aromatic carbocycles. The molecule has 0 saturated heterocycles. The number of thiophene rings is 1. The lowest BCUT2D eigenvalue weighted by Crippen LogP contribution is -2.33. The van der Waals surface area contributed by atoms with Crippen LogP contribution in [0.5, 0.6) is 5.75 Å². The normalized spacial score (nSPS) is 12.9. The van der Waals surface area contributed by atoms with E-state index in [2.05, 4.69) is 48.7 Å². The smallest absolute Gasteiger partial charge is 0.203 e. The number of benzene rings is 1. The standard InChI is InChI=1S/C19H24N4OS2/c1-19(2,3)17(16-10-7-11-26-16)20-12-23-18(25)22(13-21-23)14-8-5-6-9-15(14)24-4/h5-11,13,17,20H,12H2,1-4H3/t17-/m0/s1. The lowest BCUT2D eigenvalue weighted by molar-refractivity contribution is 0.255. The van der Waals surface area contributed by atoms with E-state index < -0.39 is 0 Å². The van der Waals surface area contributed by atoms with Crippen LogP contribution in [0, 0.1) is 10.2 Å². The SMILES string of the molecule is COc1ccccc1-n1cnn(CN[C@@H](c2cccs2)C(C)(C)C)c1=S. The van der Waals surface area contributed by atoms with Crippen LogP contribution in [-0.4, -0.2) is 21.5 Å². The number of ether oxygens (including phenoxy) is 1. The van der Waals surface area contributed by atoms with E-state index in [-0.39, 0.29) is 11.5 Å². The van der Waals surface area contributed by atoms with Crippen LogP contribution in [0.25, 0.3) is 5.69 Å². The highest BCUT2D eigenvalue weighted by Crippen LogP contribution is 2.35. The van der Waals surface area contributed by atoms with Gasteiger partial charge < -0.3 is 4.74 Å². The molecular formula is C19H24N4OS2. The maximum absolute atomic E-state index is 5.63. The van der Waals surface area contributed by atoms with Gasteiger partial charge in [-0.05, 0) is 41.2 Å². The molecule has 0 bridgehead atoms. The van der Waals surface area contributed by atoms with Gasteiger partial charge in [-0.15, -0.1) is 11.3 Å². The van der Waals surface area contributed by atoms with Crippen molar-refractivity contribution in [1.29, 1.82) is 0 Å². The second-order valence-corrected chi connectivity index (χ2v) is 8.48. The first-order chi connectivity index (χ1) is 12.4. The number of methoxy groups -OCH3 is 1. The molecular weight excluding hydrogens is 364 g/mol. The van der Waals surface area contributed by atoms with Crippen molar-refractivity contribution in [3.63, 3.8) is 0 Å². The number of nitrogens with one attached hydrogen (secondary N) is 1. The molecule has 0 unspecified atom stereocenters. The van der Waals surface area contributed by atoms with Gasteiger partial charge in [0.05, 0.1) is 19.5 Å².